The van der Waals surface area contributed by atoms with Gasteiger partial charge in [-0.1, -0.05) is 0 Å². The molecule has 0 aromatic rings. The Labute approximate surface area is 143 Å². The molecule has 0 aromatic heterocycles. The summed E-state index contributed by atoms with van der Waals surface area (Å²) in [5.41, 5.74) is 0. The Morgan fingerprint density at radius 3 is 0.778 bits per heavy atom. The van der Waals surface area contributed by atoms with Crippen molar-refractivity contribution < 1.29 is 17.5 Å². The molecule has 9 heavy (non-hydrogen) atoms. The zero-order valence-electron chi connectivity index (χ0n) is 2.12. The van der Waals surface area contributed by atoms with Crippen LogP contribution in [0, 0.1) is 0 Å². The third-order valence-electron chi connectivity index (χ3n) is 0. The van der Waals surface area contributed by atoms with E-state index in [4.69, 9.17) is 17.5 Å². The molecule has 0 spiro atoms. The van der Waals surface area contributed by atoms with Gasteiger partial charge >= 0.3 is 129 Å². The Bertz CT molecular complexity index is 95.7. The number of hydrogen-bond donors (Lipinski definition) is 2. The van der Waals surface area contributed by atoms with Crippen LogP contribution in [-0.4, -0.2) is 136 Å². The molecule has 0 aliphatic heterocycles. The van der Waals surface area contributed by atoms with Crippen LogP contribution in [0.2, 0.25) is 0 Å². The third kappa shape index (κ3) is 77.2. The van der Waals surface area contributed by atoms with Crippen LogP contribution in [-0.2, 0) is 10.4 Å². The molecule has 0 fully saturated rings. The number of rotatable bonds is 0. The second-order valence-electron chi connectivity index (χ2n) is 0.448. The van der Waals surface area contributed by atoms with Gasteiger partial charge < -0.3 is 0 Å². The standard InChI is InChI=1S/4Na.H2O4S.4H/c;;;;1-5(2,3)4;;;;/h;;;;(H2,1,2,3,4);;;;. The average Bonchev–Trinajstić information content (AvgIpc) is 0.722. The van der Waals surface area contributed by atoms with Crippen LogP contribution >= 0.6 is 0 Å². The van der Waals surface area contributed by atoms with E-state index >= 15 is 0 Å². The van der Waals surface area contributed by atoms with Gasteiger partial charge in [-0.15, -0.1) is 0 Å². The van der Waals surface area contributed by atoms with E-state index in [9.17, 15) is 0 Å². The zero-order valence-corrected chi connectivity index (χ0v) is 2.94. The van der Waals surface area contributed by atoms with Crippen LogP contribution in [0.3, 0.4) is 0 Å². The third-order valence-corrected chi connectivity index (χ3v) is 0. The minimum absolute atomic E-state index is 0. The molecule has 0 bridgehead atoms. The van der Waals surface area contributed by atoms with Crippen molar-refractivity contribution in [2.75, 3.05) is 0 Å². The van der Waals surface area contributed by atoms with Gasteiger partial charge in [0.1, 0.15) is 0 Å². The Morgan fingerprint density at radius 2 is 0.778 bits per heavy atom. The Balaban J connectivity index is -0.0000000133. The van der Waals surface area contributed by atoms with Crippen LogP contribution in [0.25, 0.3) is 0 Å². The molecule has 0 aromatic carbocycles. The van der Waals surface area contributed by atoms with Crippen molar-refractivity contribution in [2.24, 2.45) is 0 Å². The van der Waals surface area contributed by atoms with Gasteiger partial charge in [0.25, 0.3) is 0 Å². The first-order valence-corrected chi connectivity index (χ1v) is 2.10. The summed E-state index contributed by atoms with van der Waals surface area (Å²) in [7, 11) is -4.67. The van der Waals surface area contributed by atoms with Gasteiger partial charge in [-0.05, 0) is 0 Å². The fourth-order valence-electron chi connectivity index (χ4n) is 0. The fourth-order valence-corrected chi connectivity index (χ4v) is 0. The van der Waals surface area contributed by atoms with Crippen molar-refractivity contribution >= 4 is 129 Å². The second kappa shape index (κ2) is 14.4. The van der Waals surface area contributed by atoms with E-state index in [0.717, 1.165) is 0 Å². The van der Waals surface area contributed by atoms with E-state index in [-0.39, 0.29) is 118 Å². The Hall–Kier alpha value is 3.87. The molecule has 0 unspecified atom stereocenters. The maximum absolute atomic E-state index is 8.74. The van der Waals surface area contributed by atoms with Crippen molar-refractivity contribution in [3.05, 3.63) is 0 Å². The molecule has 0 rings (SSSR count). The molecule has 9 heteroatoms. The van der Waals surface area contributed by atoms with Crippen molar-refractivity contribution in [2.45, 2.75) is 0 Å². The monoisotopic (exact) mass is 194 g/mol. The Morgan fingerprint density at radius 1 is 0.778 bits per heavy atom. The van der Waals surface area contributed by atoms with Crippen LogP contribution in [0.5, 0.6) is 0 Å². The first kappa shape index (κ1) is 29.3. The van der Waals surface area contributed by atoms with Crippen LogP contribution < -0.4 is 0 Å². The molecule has 0 radical (unpaired) electrons. The van der Waals surface area contributed by atoms with Gasteiger partial charge in [-0.2, -0.15) is 8.42 Å². The normalized spacial score (nSPS) is 6.44. The van der Waals surface area contributed by atoms with E-state index in [1.54, 1.807) is 0 Å². The summed E-state index contributed by atoms with van der Waals surface area (Å²) in [4.78, 5) is 0. The van der Waals surface area contributed by atoms with Gasteiger partial charge in [-0.3, -0.25) is 9.11 Å². The van der Waals surface area contributed by atoms with E-state index in [2.05, 4.69) is 0 Å². The molecular formula is H6Na4O4S. The van der Waals surface area contributed by atoms with Crippen molar-refractivity contribution in [1.82, 2.24) is 0 Å². The molecule has 2 N–H and O–H groups in total. The fraction of sp³-hybridized carbons (Fsp3) is 0. The van der Waals surface area contributed by atoms with Crippen LogP contribution in [0.4, 0.5) is 0 Å². The quantitative estimate of drug-likeness (QED) is 0.314. The summed E-state index contributed by atoms with van der Waals surface area (Å²) in [6.45, 7) is 0. The molecule has 0 saturated heterocycles. The van der Waals surface area contributed by atoms with E-state index in [1.807, 2.05) is 0 Å². The molecule has 0 amide bonds. The van der Waals surface area contributed by atoms with Crippen molar-refractivity contribution in [3.63, 3.8) is 0 Å². The molecular weight excluding hydrogens is 188 g/mol. The predicted octanol–water partition coefficient (Wildman–Crippen LogP) is -3.25. The van der Waals surface area contributed by atoms with E-state index < -0.39 is 10.4 Å². The predicted molar refractivity (Wildman–Crippen MR) is 42.8 cm³/mol. The van der Waals surface area contributed by atoms with Gasteiger partial charge in [0.05, 0.1) is 0 Å². The van der Waals surface area contributed by atoms with Gasteiger partial charge in [0, 0.05) is 0 Å². The molecule has 40 valence electrons. The van der Waals surface area contributed by atoms with E-state index in [1.165, 1.54) is 0 Å². The summed E-state index contributed by atoms with van der Waals surface area (Å²) in [6, 6.07) is 0. The van der Waals surface area contributed by atoms with Crippen LogP contribution in [0.1, 0.15) is 0 Å². The Kier molecular flexibility index (Phi) is 46.8. The first-order chi connectivity index (χ1) is 2.00. The summed E-state index contributed by atoms with van der Waals surface area (Å²) in [6.07, 6.45) is 0. The first-order valence-electron chi connectivity index (χ1n) is 0.698. The molecule has 0 aliphatic carbocycles. The maximum atomic E-state index is 8.74. The second-order valence-corrected chi connectivity index (χ2v) is 1.34. The summed E-state index contributed by atoms with van der Waals surface area (Å²) in [5, 5.41) is 0. The molecule has 4 nitrogen and oxygen atoms in total. The van der Waals surface area contributed by atoms with Crippen LogP contribution in [0.15, 0.2) is 0 Å². The number of hydrogen-bond acceptors (Lipinski definition) is 2. The van der Waals surface area contributed by atoms with E-state index in [0.29, 0.717) is 0 Å². The molecule has 0 aliphatic rings. The van der Waals surface area contributed by atoms with Gasteiger partial charge in [0.2, 0.25) is 0 Å². The van der Waals surface area contributed by atoms with Gasteiger partial charge in [0.15, 0.2) is 0 Å². The SMILES string of the molecule is O=S(=O)(O)O.[NaH].[NaH].[NaH].[NaH]. The van der Waals surface area contributed by atoms with Gasteiger partial charge in [-0.25, -0.2) is 0 Å². The van der Waals surface area contributed by atoms with Crippen molar-refractivity contribution in [3.8, 4) is 0 Å². The zero-order chi connectivity index (χ0) is 4.50. The summed E-state index contributed by atoms with van der Waals surface area (Å²) < 4.78 is 31.6. The average molecular weight is 194 g/mol. The van der Waals surface area contributed by atoms with Crippen molar-refractivity contribution in [1.29, 1.82) is 0 Å². The summed E-state index contributed by atoms with van der Waals surface area (Å²) in [5.74, 6) is 0. The molecule has 0 heterocycles. The topological polar surface area (TPSA) is 74.6 Å². The molecule has 0 atom stereocenters. The summed E-state index contributed by atoms with van der Waals surface area (Å²) >= 11 is 0. The minimum atomic E-state index is -4.67. The molecule has 0 saturated carbocycles.